The van der Waals surface area contributed by atoms with Gasteiger partial charge in [0.05, 0.1) is 18.4 Å². The van der Waals surface area contributed by atoms with Crippen molar-refractivity contribution in [1.29, 1.82) is 0 Å². The van der Waals surface area contributed by atoms with E-state index in [-0.39, 0.29) is 24.3 Å². The first-order chi connectivity index (χ1) is 13.4. The lowest BCUT2D eigenvalue weighted by Crippen LogP contribution is -2.39. The molecule has 0 bridgehead atoms. The van der Waals surface area contributed by atoms with Crippen molar-refractivity contribution in [3.63, 3.8) is 0 Å². The van der Waals surface area contributed by atoms with Gasteiger partial charge in [0, 0.05) is 32.7 Å². The summed E-state index contributed by atoms with van der Waals surface area (Å²) in [5.74, 6) is 0.413. The van der Waals surface area contributed by atoms with Crippen LogP contribution in [0.1, 0.15) is 56.2 Å². The van der Waals surface area contributed by atoms with Gasteiger partial charge in [-0.05, 0) is 52.4 Å². The molecule has 28 heavy (non-hydrogen) atoms. The zero-order valence-electron chi connectivity index (χ0n) is 18.1. The second kappa shape index (κ2) is 13.3. The highest BCUT2D eigenvalue weighted by Gasteiger charge is 2.20. The number of ether oxygens (including phenoxy) is 1. The van der Waals surface area contributed by atoms with Crippen molar-refractivity contribution in [2.24, 2.45) is 0 Å². The Morgan fingerprint density at radius 2 is 1.93 bits per heavy atom. The third-order valence-corrected chi connectivity index (χ3v) is 4.96. The Hall–Kier alpha value is -1.86. The van der Waals surface area contributed by atoms with Gasteiger partial charge in [0.2, 0.25) is 5.91 Å². The maximum atomic E-state index is 12.7. The van der Waals surface area contributed by atoms with Gasteiger partial charge in [0.15, 0.2) is 0 Å². The molecule has 1 heterocycles. The van der Waals surface area contributed by atoms with Crippen molar-refractivity contribution in [3.05, 3.63) is 23.7 Å². The van der Waals surface area contributed by atoms with Crippen LogP contribution in [0.3, 0.4) is 0 Å². The van der Waals surface area contributed by atoms with E-state index in [4.69, 9.17) is 9.15 Å². The highest BCUT2D eigenvalue weighted by atomic mass is 16.5. The molecular formula is C21H37N3O4. The number of carbonyl (C=O) groups excluding carboxylic acids is 2. The van der Waals surface area contributed by atoms with E-state index in [0.717, 1.165) is 32.5 Å². The molecule has 0 aliphatic heterocycles. The van der Waals surface area contributed by atoms with E-state index >= 15 is 0 Å². The molecule has 160 valence electrons. The second-order valence-electron chi connectivity index (χ2n) is 7.06. The fourth-order valence-electron chi connectivity index (χ4n) is 3.11. The van der Waals surface area contributed by atoms with Crippen LogP contribution < -0.4 is 5.32 Å². The monoisotopic (exact) mass is 395 g/mol. The first-order valence-corrected chi connectivity index (χ1v) is 10.3. The normalized spacial score (nSPS) is 12.2. The third-order valence-electron chi connectivity index (χ3n) is 4.96. The van der Waals surface area contributed by atoms with E-state index in [2.05, 4.69) is 24.1 Å². The van der Waals surface area contributed by atoms with Crippen LogP contribution in [0.5, 0.6) is 0 Å². The molecule has 2 amide bonds. The molecule has 7 heteroatoms. The standard InChI is InChI=1S/C21H37N3O4/c1-6-23(7-2)12-8-9-17(3)22-20(25)10-13-24(14-16-27-5)21(26)19-11-15-28-18(19)4/h11,15,17H,6-10,12-14,16H2,1-5H3,(H,22,25)/t17-/m0/s1. The molecule has 1 N–H and O–H groups in total. The second-order valence-corrected chi connectivity index (χ2v) is 7.06. The Bertz CT molecular complexity index is 584. The summed E-state index contributed by atoms with van der Waals surface area (Å²) in [5.41, 5.74) is 0.529. The summed E-state index contributed by atoms with van der Waals surface area (Å²) in [6, 6.07) is 1.79. The lowest BCUT2D eigenvalue weighted by molar-refractivity contribution is -0.121. The van der Waals surface area contributed by atoms with E-state index < -0.39 is 0 Å². The number of aryl methyl sites for hydroxylation is 1. The van der Waals surface area contributed by atoms with Gasteiger partial charge in [-0.3, -0.25) is 9.59 Å². The number of carbonyl (C=O) groups is 2. The first kappa shape index (κ1) is 24.2. The molecule has 1 atom stereocenters. The van der Waals surface area contributed by atoms with Gasteiger partial charge >= 0.3 is 0 Å². The number of amides is 2. The quantitative estimate of drug-likeness (QED) is 0.524. The molecular weight excluding hydrogens is 358 g/mol. The maximum Gasteiger partial charge on any atom is 0.257 e. The highest BCUT2D eigenvalue weighted by Crippen LogP contribution is 2.12. The van der Waals surface area contributed by atoms with Crippen LogP contribution >= 0.6 is 0 Å². The minimum absolute atomic E-state index is 0.0329. The van der Waals surface area contributed by atoms with Gasteiger partial charge in [-0.15, -0.1) is 0 Å². The van der Waals surface area contributed by atoms with E-state index in [1.807, 2.05) is 6.92 Å². The number of nitrogens with one attached hydrogen (secondary N) is 1. The van der Waals surface area contributed by atoms with Gasteiger partial charge in [0.1, 0.15) is 5.76 Å². The lowest BCUT2D eigenvalue weighted by Gasteiger charge is -2.23. The van der Waals surface area contributed by atoms with Crippen molar-refractivity contribution < 1.29 is 18.7 Å². The number of furan rings is 1. The van der Waals surface area contributed by atoms with Crippen molar-refractivity contribution >= 4 is 11.8 Å². The summed E-state index contributed by atoms with van der Waals surface area (Å²) in [5, 5.41) is 3.04. The van der Waals surface area contributed by atoms with Gasteiger partial charge in [0.25, 0.3) is 5.91 Å². The molecule has 1 aromatic heterocycles. The summed E-state index contributed by atoms with van der Waals surface area (Å²) in [4.78, 5) is 29.0. The summed E-state index contributed by atoms with van der Waals surface area (Å²) in [6.07, 6.45) is 3.78. The Morgan fingerprint density at radius 1 is 1.21 bits per heavy atom. The predicted molar refractivity (Wildman–Crippen MR) is 110 cm³/mol. The zero-order chi connectivity index (χ0) is 20.9. The number of nitrogens with zero attached hydrogens (tertiary/aromatic N) is 2. The fraction of sp³-hybridized carbons (Fsp3) is 0.714. The predicted octanol–water partition coefficient (Wildman–Crippen LogP) is 2.69. The summed E-state index contributed by atoms with van der Waals surface area (Å²) in [7, 11) is 1.60. The molecule has 0 unspecified atom stereocenters. The molecule has 1 aromatic rings. The van der Waals surface area contributed by atoms with E-state index in [1.165, 1.54) is 6.26 Å². The summed E-state index contributed by atoms with van der Waals surface area (Å²) >= 11 is 0. The molecule has 0 aromatic carbocycles. The van der Waals surface area contributed by atoms with E-state index in [1.54, 1.807) is 25.0 Å². The number of methoxy groups -OCH3 is 1. The Balaban J connectivity index is 2.45. The number of hydrogen-bond acceptors (Lipinski definition) is 5. The van der Waals surface area contributed by atoms with Crippen molar-refractivity contribution in [3.8, 4) is 0 Å². The lowest BCUT2D eigenvalue weighted by atomic mass is 10.1. The Morgan fingerprint density at radius 3 is 2.50 bits per heavy atom. The van der Waals surface area contributed by atoms with Crippen LogP contribution in [0.15, 0.2) is 16.7 Å². The van der Waals surface area contributed by atoms with Crippen molar-refractivity contribution in [1.82, 2.24) is 15.1 Å². The topological polar surface area (TPSA) is 75.0 Å². The number of hydrogen-bond donors (Lipinski definition) is 1. The van der Waals surface area contributed by atoms with E-state index in [0.29, 0.717) is 31.0 Å². The van der Waals surface area contributed by atoms with Crippen molar-refractivity contribution in [2.45, 2.75) is 53.0 Å². The molecule has 0 radical (unpaired) electrons. The molecule has 7 nitrogen and oxygen atoms in total. The highest BCUT2D eigenvalue weighted by molar-refractivity contribution is 5.95. The molecule has 1 rings (SSSR count). The van der Waals surface area contributed by atoms with Crippen LogP contribution in [0.4, 0.5) is 0 Å². The average Bonchev–Trinajstić information content (AvgIpc) is 3.10. The van der Waals surface area contributed by atoms with Crippen LogP contribution in [0.2, 0.25) is 0 Å². The van der Waals surface area contributed by atoms with Crippen molar-refractivity contribution in [2.75, 3.05) is 46.4 Å². The van der Waals surface area contributed by atoms with Crippen LogP contribution in [-0.2, 0) is 9.53 Å². The summed E-state index contributed by atoms with van der Waals surface area (Å²) < 4.78 is 10.3. The summed E-state index contributed by atoms with van der Waals surface area (Å²) in [6.45, 7) is 12.5. The van der Waals surface area contributed by atoms with Gasteiger partial charge in [-0.2, -0.15) is 0 Å². The minimum atomic E-state index is -0.136. The largest absolute Gasteiger partial charge is 0.469 e. The SMILES string of the molecule is CCN(CC)CCC[C@H](C)NC(=O)CCN(CCOC)C(=O)c1ccoc1C. The molecule has 0 spiro atoms. The van der Waals surface area contributed by atoms with Crippen LogP contribution in [0.25, 0.3) is 0 Å². The van der Waals surface area contributed by atoms with Crippen LogP contribution in [-0.4, -0.2) is 74.1 Å². The Labute approximate surface area is 169 Å². The van der Waals surface area contributed by atoms with Crippen LogP contribution in [0, 0.1) is 6.92 Å². The smallest absolute Gasteiger partial charge is 0.257 e. The molecule has 0 fully saturated rings. The minimum Gasteiger partial charge on any atom is -0.469 e. The van der Waals surface area contributed by atoms with Gasteiger partial charge in [-0.1, -0.05) is 13.8 Å². The van der Waals surface area contributed by atoms with Gasteiger partial charge < -0.3 is 24.3 Å². The maximum absolute atomic E-state index is 12.7. The molecule has 0 saturated carbocycles. The molecule has 0 aliphatic carbocycles. The fourth-order valence-corrected chi connectivity index (χ4v) is 3.11. The average molecular weight is 396 g/mol. The van der Waals surface area contributed by atoms with E-state index in [9.17, 15) is 9.59 Å². The van der Waals surface area contributed by atoms with Gasteiger partial charge in [-0.25, -0.2) is 0 Å². The first-order valence-electron chi connectivity index (χ1n) is 10.3. The zero-order valence-corrected chi connectivity index (χ0v) is 18.1. The molecule has 0 aliphatic rings. The Kier molecular flexibility index (Phi) is 11.5. The number of rotatable bonds is 14. The molecule has 0 saturated heterocycles. The third kappa shape index (κ3) is 8.44.